The first-order valence-corrected chi connectivity index (χ1v) is 7.01. The van der Waals surface area contributed by atoms with Gasteiger partial charge in [0.05, 0.1) is 0 Å². The molecule has 0 aliphatic carbocycles. The Labute approximate surface area is 109 Å². The van der Waals surface area contributed by atoms with Crippen LogP contribution < -0.4 is 0 Å². The van der Waals surface area contributed by atoms with Crippen LogP contribution >= 0.6 is 0 Å². The topological polar surface area (TPSA) is 19.0 Å². The maximum Gasteiger partial charge on any atom is 0.0456 e. The molecule has 1 fully saturated rings. The maximum atomic E-state index is 3.56. The van der Waals surface area contributed by atoms with Crippen LogP contribution in [-0.2, 0) is 6.42 Å². The number of aromatic amines is 1. The SMILES string of the molecule is CC1C(Cc2cc3ccccc3[nH]2)CCCN1C. The third-order valence-electron chi connectivity index (χ3n) is 4.53. The molecular weight excluding hydrogens is 220 g/mol. The van der Waals surface area contributed by atoms with Crippen molar-refractivity contribution < 1.29 is 0 Å². The van der Waals surface area contributed by atoms with E-state index in [1.807, 2.05) is 0 Å². The highest BCUT2D eigenvalue weighted by molar-refractivity contribution is 5.80. The lowest BCUT2D eigenvalue weighted by Crippen LogP contribution is -2.41. The summed E-state index contributed by atoms with van der Waals surface area (Å²) in [7, 11) is 2.25. The van der Waals surface area contributed by atoms with Gasteiger partial charge in [-0.2, -0.15) is 0 Å². The molecule has 2 unspecified atom stereocenters. The van der Waals surface area contributed by atoms with Gasteiger partial charge in [-0.3, -0.25) is 0 Å². The summed E-state index contributed by atoms with van der Waals surface area (Å²) in [6.07, 6.45) is 3.88. The zero-order valence-electron chi connectivity index (χ0n) is 11.3. The third-order valence-corrected chi connectivity index (χ3v) is 4.53. The number of piperidine rings is 1. The van der Waals surface area contributed by atoms with Gasteiger partial charge in [-0.1, -0.05) is 18.2 Å². The standard InChI is InChI=1S/C16H22N2/c1-12-13(7-5-9-18(12)2)10-15-11-14-6-3-4-8-16(14)17-15/h3-4,6,8,11-13,17H,5,7,9-10H2,1-2H3. The lowest BCUT2D eigenvalue weighted by atomic mass is 9.87. The fraction of sp³-hybridized carbons (Fsp3) is 0.500. The fourth-order valence-corrected chi connectivity index (χ4v) is 3.21. The Balaban J connectivity index is 1.79. The van der Waals surface area contributed by atoms with Crippen LogP contribution in [-0.4, -0.2) is 29.5 Å². The van der Waals surface area contributed by atoms with Crippen LogP contribution in [0.15, 0.2) is 30.3 Å². The quantitative estimate of drug-likeness (QED) is 0.854. The van der Waals surface area contributed by atoms with Crippen molar-refractivity contribution in [3.63, 3.8) is 0 Å². The van der Waals surface area contributed by atoms with Crippen molar-refractivity contribution >= 4 is 10.9 Å². The molecule has 2 atom stereocenters. The largest absolute Gasteiger partial charge is 0.358 e. The molecule has 0 saturated carbocycles. The monoisotopic (exact) mass is 242 g/mol. The van der Waals surface area contributed by atoms with Gasteiger partial charge in [-0.05, 0) is 63.2 Å². The number of hydrogen-bond donors (Lipinski definition) is 1. The van der Waals surface area contributed by atoms with Gasteiger partial charge in [-0.25, -0.2) is 0 Å². The average Bonchev–Trinajstić information content (AvgIpc) is 2.77. The molecule has 0 radical (unpaired) electrons. The Bertz CT molecular complexity index is 496. The average molecular weight is 242 g/mol. The van der Waals surface area contributed by atoms with Gasteiger partial charge in [0.1, 0.15) is 0 Å². The molecule has 2 heteroatoms. The van der Waals surface area contributed by atoms with Gasteiger partial charge in [0.15, 0.2) is 0 Å². The van der Waals surface area contributed by atoms with E-state index in [4.69, 9.17) is 0 Å². The van der Waals surface area contributed by atoms with Gasteiger partial charge >= 0.3 is 0 Å². The van der Waals surface area contributed by atoms with E-state index < -0.39 is 0 Å². The van der Waals surface area contributed by atoms with Gasteiger partial charge in [0.2, 0.25) is 0 Å². The van der Waals surface area contributed by atoms with E-state index in [0.717, 1.165) is 5.92 Å². The summed E-state index contributed by atoms with van der Waals surface area (Å²) in [6, 6.07) is 11.6. The Morgan fingerprint density at radius 3 is 3.00 bits per heavy atom. The second-order valence-electron chi connectivity index (χ2n) is 5.71. The van der Waals surface area contributed by atoms with Crippen LogP contribution in [0.5, 0.6) is 0 Å². The lowest BCUT2D eigenvalue weighted by molar-refractivity contribution is 0.133. The molecule has 1 N–H and O–H groups in total. The first-order chi connectivity index (χ1) is 8.74. The first kappa shape index (κ1) is 11.8. The molecule has 2 heterocycles. The number of nitrogens with one attached hydrogen (secondary N) is 1. The first-order valence-electron chi connectivity index (χ1n) is 7.01. The molecule has 0 spiro atoms. The second-order valence-corrected chi connectivity index (χ2v) is 5.71. The number of nitrogens with zero attached hydrogens (tertiary/aromatic N) is 1. The number of para-hydroxylation sites is 1. The molecule has 2 aromatic rings. The van der Waals surface area contributed by atoms with Gasteiger partial charge in [-0.15, -0.1) is 0 Å². The van der Waals surface area contributed by atoms with Crippen molar-refractivity contribution in [3.8, 4) is 0 Å². The highest BCUT2D eigenvalue weighted by Crippen LogP contribution is 2.26. The smallest absolute Gasteiger partial charge is 0.0456 e. The minimum Gasteiger partial charge on any atom is -0.358 e. The van der Waals surface area contributed by atoms with Crippen LogP contribution in [0.2, 0.25) is 0 Å². The summed E-state index contributed by atoms with van der Waals surface area (Å²) < 4.78 is 0. The zero-order chi connectivity index (χ0) is 12.5. The summed E-state index contributed by atoms with van der Waals surface area (Å²) in [6.45, 7) is 3.62. The molecule has 1 aromatic heterocycles. The van der Waals surface area contributed by atoms with Crippen LogP contribution in [0.1, 0.15) is 25.5 Å². The van der Waals surface area contributed by atoms with Crippen LogP contribution in [0.4, 0.5) is 0 Å². The molecule has 96 valence electrons. The van der Waals surface area contributed by atoms with Crippen molar-refractivity contribution in [2.24, 2.45) is 5.92 Å². The summed E-state index contributed by atoms with van der Waals surface area (Å²) in [5, 5.41) is 1.34. The number of benzene rings is 1. The molecule has 1 aromatic carbocycles. The van der Waals surface area contributed by atoms with Crippen molar-refractivity contribution in [2.45, 2.75) is 32.2 Å². The Morgan fingerprint density at radius 2 is 2.17 bits per heavy atom. The van der Waals surface area contributed by atoms with Gasteiger partial charge in [0, 0.05) is 17.3 Å². The fourth-order valence-electron chi connectivity index (χ4n) is 3.21. The number of hydrogen-bond acceptors (Lipinski definition) is 1. The number of aromatic nitrogens is 1. The molecule has 18 heavy (non-hydrogen) atoms. The van der Waals surface area contributed by atoms with E-state index in [1.165, 1.54) is 42.4 Å². The molecule has 0 amide bonds. The molecule has 3 rings (SSSR count). The summed E-state index contributed by atoms with van der Waals surface area (Å²) in [5.41, 5.74) is 2.66. The maximum absolute atomic E-state index is 3.56. The molecule has 1 saturated heterocycles. The van der Waals surface area contributed by atoms with Crippen LogP contribution in [0, 0.1) is 5.92 Å². The van der Waals surface area contributed by atoms with Crippen LogP contribution in [0.3, 0.4) is 0 Å². The number of likely N-dealkylation sites (tertiary alicyclic amines) is 1. The molecule has 1 aliphatic heterocycles. The lowest BCUT2D eigenvalue weighted by Gasteiger charge is -2.36. The minimum atomic E-state index is 0.699. The van der Waals surface area contributed by atoms with E-state index in [2.05, 4.69) is 54.2 Å². The molecule has 0 bridgehead atoms. The van der Waals surface area contributed by atoms with E-state index >= 15 is 0 Å². The second kappa shape index (κ2) is 4.77. The van der Waals surface area contributed by atoms with Gasteiger partial charge < -0.3 is 9.88 Å². The van der Waals surface area contributed by atoms with Gasteiger partial charge in [0.25, 0.3) is 0 Å². The summed E-state index contributed by atoms with van der Waals surface area (Å²) in [4.78, 5) is 6.06. The minimum absolute atomic E-state index is 0.699. The molecular formula is C16H22N2. The molecule has 1 aliphatic rings. The Kier molecular flexibility index (Phi) is 3.13. The number of fused-ring (bicyclic) bond motifs is 1. The van der Waals surface area contributed by atoms with E-state index in [0.29, 0.717) is 6.04 Å². The normalized spacial score (nSPS) is 25.7. The predicted molar refractivity (Wildman–Crippen MR) is 76.8 cm³/mol. The Morgan fingerprint density at radius 1 is 1.33 bits per heavy atom. The predicted octanol–water partition coefficient (Wildman–Crippen LogP) is 3.44. The van der Waals surface area contributed by atoms with E-state index in [9.17, 15) is 0 Å². The van der Waals surface area contributed by atoms with Crippen molar-refractivity contribution in [1.82, 2.24) is 9.88 Å². The highest BCUT2D eigenvalue weighted by Gasteiger charge is 2.25. The third kappa shape index (κ3) is 2.17. The number of rotatable bonds is 2. The summed E-state index contributed by atoms with van der Waals surface area (Å²) >= 11 is 0. The Hall–Kier alpha value is -1.28. The van der Waals surface area contributed by atoms with Crippen LogP contribution in [0.25, 0.3) is 10.9 Å². The van der Waals surface area contributed by atoms with Crippen molar-refractivity contribution in [2.75, 3.05) is 13.6 Å². The zero-order valence-corrected chi connectivity index (χ0v) is 11.3. The number of H-pyrrole nitrogens is 1. The van der Waals surface area contributed by atoms with E-state index in [-0.39, 0.29) is 0 Å². The highest BCUT2D eigenvalue weighted by atomic mass is 15.1. The van der Waals surface area contributed by atoms with E-state index in [1.54, 1.807) is 0 Å². The summed E-state index contributed by atoms with van der Waals surface area (Å²) in [5.74, 6) is 0.789. The molecule has 2 nitrogen and oxygen atoms in total. The van der Waals surface area contributed by atoms with Crippen molar-refractivity contribution in [3.05, 3.63) is 36.0 Å². The van der Waals surface area contributed by atoms with Crippen molar-refractivity contribution in [1.29, 1.82) is 0 Å².